The van der Waals surface area contributed by atoms with Crippen molar-refractivity contribution < 1.29 is 9.90 Å². The Morgan fingerprint density at radius 1 is 1.35 bits per heavy atom. The van der Waals surface area contributed by atoms with E-state index in [-0.39, 0.29) is 12.5 Å². The molecule has 1 aromatic carbocycles. The number of hydrogen-bond acceptors (Lipinski definition) is 4. The Bertz CT molecular complexity index is 566. The maximum Gasteiger partial charge on any atom is 0.280 e. The average Bonchev–Trinajstić information content (AvgIpc) is 2.95. The van der Waals surface area contributed by atoms with Gasteiger partial charge in [0.15, 0.2) is 5.01 Å². The first-order chi connectivity index (χ1) is 9.61. The smallest absolute Gasteiger partial charge is 0.280 e. The predicted octanol–water partition coefficient (Wildman–Crippen LogP) is 2.73. The van der Waals surface area contributed by atoms with Gasteiger partial charge in [-0.25, -0.2) is 4.98 Å². The minimum absolute atomic E-state index is 0.141. The lowest BCUT2D eigenvalue weighted by Gasteiger charge is -2.15. The lowest BCUT2D eigenvalue weighted by molar-refractivity contribution is 0.0916. The molecule has 0 aliphatic carbocycles. The first-order valence-corrected chi connectivity index (χ1v) is 7.36. The van der Waals surface area contributed by atoms with Crippen LogP contribution in [0.1, 0.15) is 46.0 Å². The average molecular weight is 290 g/mol. The lowest BCUT2D eigenvalue weighted by atomic mass is 10.1. The molecule has 0 aliphatic heterocycles. The van der Waals surface area contributed by atoms with E-state index in [9.17, 15) is 9.90 Å². The second-order valence-electron chi connectivity index (χ2n) is 4.84. The van der Waals surface area contributed by atoms with Gasteiger partial charge in [-0.15, -0.1) is 11.3 Å². The zero-order valence-electron chi connectivity index (χ0n) is 11.5. The van der Waals surface area contributed by atoms with Gasteiger partial charge < -0.3 is 10.4 Å². The zero-order valence-corrected chi connectivity index (χ0v) is 12.4. The van der Waals surface area contributed by atoms with Crippen molar-refractivity contribution in [2.45, 2.75) is 25.8 Å². The fraction of sp³-hybridized carbons (Fsp3) is 0.333. The third-order valence-corrected chi connectivity index (χ3v) is 4.27. The molecule has 1 amide bonds. The minimum Gasteiger partial charge on any atom is -0.394 e. The predicted molar refractivity (Wildman–Crippen MR) is 79.9 cm³/mol. The Balaban J connectivity index is 2.09. The van der Waals surface area contributed by atoms with Gasteiger partial charge in [0.05, 0.1) is 12.6 Å². The highest BCUT2D eigenvalue weighted by Gasteiger charge is 2.18. The number of benzene rings is 1. The van der Waals surface area contributed by atoms with Gasteiger partial charge in [-0.3, -0.25) is 4.79 Å². The molecule has 106 valence electrons. The van der Waals surface area contributed by atoms with E-state index < -0.39 is 6.04 Å². The number of carbonyl (C=O) groups is 1. The van der Waals surface area contributed by atoms with Crippen molar-refractivity contribution in [3.63, 3.8) is 0 Å². The second-order valence-corrected chi connectivity index (χ2v) is 5.90. The van der Waals surface area contributed by atoms with Crippen LogP contribution in [-0.2, 0) is 0 Å². The molecular weight excluding hydrogens is 272 g/mol. The summed E-state index contributed by atoms with van der Waals surface area (Å²) in [4.78, 5) is 17.4. The third kappa shape index (κ3) is 3.43. The lowest BCUT2D eigenvalue weighted by Crippen LogP contribution is -2.30. The van der Waals surface area contributed by atoms with Gasteiger partial charge in [-0.2, -0.15) is 0 Å². The molecule has 0 saturated carbocycles. The molecule has 4 nitrogen and oxygen atoms in total. The molecule has 2 rings (SSSR count). The molecule has 0 radical (unpaired) electrons. The van der Waals surface area contributed by atoms with Crippen LogP contribution >= 0.6 is 11.3 Å². The summed E-state index contributed by atoms with van der Waals surface area (Å²) in [5.74, 6) is 0.113. The molecule has 0 saturated heterocycles. The highest BCUT2D eigenvalue weighted by molar-refractivity contribution is 7.13. The van der Waals surface area contributed by atoms with Crippen molar-refractivity contribution in [1.29, 1.82) is 0 Å². The summed E-state index contributed by atoms with van der Waals surface area (Å²) in [5, 5.41) is 12.7. The molecule has 1 heterocycles. The highest BCUT2D eigenvalue weighted by atomic mass is 32.1. The monoisotopic (exact) mass is 290 g/mol. The Labute approximate surface area is 122 Å². The molecular formula is C15H18N2O2S. The number of carbonyl (C=O) groups excluding carboxylic acids is 1. The SMILES string of the molecule is CC(C)c1cnc(C(=O)NC(CO)c2ccccc2)s1. The Morgan fingerprint density at radius 2 is 2.05 bits per heavy atom. The summed E-state index contributed by atoms with van der Waals surface area (Å²) < 4.78 is 0. The van der Waals surface area contributed by atoms with Crippen LogP contribution in [0.25, 0.3) is 0 Å². The fourth-order valence-corrected chi connectivity index (χ4v) is 2.62. The summed E-state index contributed by atoms with van der Waals surface area (Å²) in [7, 11) is 0. The standard InChI is InChI=1S/C15H18N2O2S/c1-10(2)13-8-16-15(20-13)14(19)17-12(9-18)11-6-4-3-5-7-11/h3-8,10,12,18H,9H2,1-2H3,(H,17,19). The number of nitrogens with zero attached hydrogens (tertiary/aromatic N) is 1. The molecule has 5 heteroatoms. The van der Waals surface area contributed by atoms with E-state index in [4.69, 9.17) is 0 Å². The van der Waals surface area contributed by atoms with E-state index in [0.29, 0.717) is 10.9 Å². The van der Waals surface area contributed by atoms with Crippen LogP contribution in [0.2, 0.25) is 0 Å². The minimum atomic E-state index is -0.407. The summed E-state index contributed by atoms with van der Waals surface area (Å²) in [6.45, 7) is 3.99. The second kappa shape index (κ2) is 6.63. The van der Waals surface area contributed by atoms with Gasteiger partial charge >= 0.3 is 0 Å². The number of thiazole rings is 1. The van der Waals surface area contributed by atoms with Crippen molar-refractivity contribution in [1.82, 2.24) is 10.3 Å². The summed E-state index contributed by atoms with van der Waals surface area (Å²) in [6, 6.07) is 9.00. The van der Waals surface area contributed by atoms with E-state index in [1.54, 1.807) is 6.20 Å². The van der Waals surface area contributed by atoms with Gasteiger partial charge in [0.2, 0.25) is 0 Å². The van der Waals surface area contributed by atoms with E-state index in [2.05, 4.69) is 24.1 Å². The first kappa shape index (κ1) is 14.7. The summed E-state index contributed by atoms with van der Waals surface area (Å²) in [5.41, 5.74) is 0.879. The number of hydrogen-bond donors (Lipinski definition) is 2. The number of aliphatic hydroxyl groups is 1. The van der Waals surface area contributed by atoms with Crippen LogP contribution < -0.4 is 5.32 Å². The molecule has 0 bridgehead atoms. The largest absolute Gasteiger partial charge is 0.394 e. The van der Waals surface area contributed by atoms with Crippen molar-refractivity contribution in [3.8, 4) is 0 Å². The molecule has 2 N–H and O–H groups in total. The Kier molecular flexibility index (Phi) is 4.87. The van der Waals surface area contributed by atoms with Crippen LogP contribution in [0.4, 0.5) is 0 Å². The normalized spacial score (nSPS) is 12.4. The van der Waals surface area contributed by atoms with Gasteiger partial charge in [0.1, 0.15) is 0 Å². The van der Waals surface area contributed by atoms with E-state index in [1.165, 1.54) is 11.3 Å². The van der Waals surface area contributed by atoms with Crippen LogP contribution in [0.5, 0.6) is 0 Å². The Morgan fingerprint density at radius 3 is 2.60 bits per heavy atom. The highest BCUT2D eigenvalue weighted by Crippen LogP contribution is 2.22. The fourth-order valence-electron chi connectivity index (χ4n) is 1.80. The van der Waals surface area contributed by atoms with Gasteiger partial charge in [-0.05, 0) is 11.5 Å². The number of aromatic nitrogens is 1. The zero-order chi connectivity index (χ0) is 14.5. The topological polar surface area (TPSA) is 62.2 Å². The number of rotatable bonds is 5. The van der Waals surface area contributed by atoms with Crippen molar-refractivity contribution >= 4 is 17.2 Å². The number of amides is 1. The van der Waals surface area contributed by atoms with Crippen molar-refractivity contribution in [3.05, 3.63) is 52.0 Å². The van der Waals surface area contributed by atoms with Crippen LogP contribution in [0.15, 0.2) is 36.5 Å². The molecule has 1 unspecified atom stereocenters. The van der Waals surface area contributed by atoms with Crippen LogP contribution in [0.3, 0.4) is 0 Å². The summed E-state index contributed by atoms with van der Waals surface area (Å²) >= 11 is 1.39. The third-order valence-electron chi connectivity index (χ3n) is 2.98. The molecule has 0 spiro atoms. The molecule has 0 fully saturated rings. The maximum absolute atomic E-state index is 12.1. The molecule has 2 aromatic rings. The van der Waals surface area contributed by atoms with Gasteiger partial charge in [-0.1, -0.05) is 44.2 Å². The van der Waals surface area contributed by atoms with Crippen molar-refractivity contribution in [2.24, 2.45) is 0 Å². The van der Waals surface area contributed by atoms with Crippen molar-refractivity contribution in [2.75, 3.05) is 6.61 Å². The van der Waals surface area contributed by atoms with E-state index in [0.717, 1.165) is 10.4 Å². The maximum atomic E-state index is 12.1. The van der Waals surface area contributed by atoms with Gasteiger partial charge in [0, 0.05) is 11.1 Å². The quantitative estimate of drug-likeness (QED) is 0.890. The van der Waals surface area contributed by atoms with Crippen LogP contribution in [0, 0.1) is 0 Å². The Hall–Kier alpha value is -1.72. The van der Waals surface area contributed by atoms with E-state index in [1.807, 2.05) is 30.3 Å². The van der Waals surface area contributed by atoms with E-state index >= 15 is 0 Å². The number of aliphatic hydroxyl groups excluding tert-OH is 1. The van der Waals surface area contributed by atoms with Crippen LogP contribution in [-0.4, -0.2) is 22.6 Å². The molecule has 1 aromatic heterocycles. The molecule has 20 heavy (non-hydrogen) atoms. The number of nitrogens with one attached hydrogen (secondary N) is 1. The van der Waals surface area contributed by atoms with Gasteiger partial charge in [0.25, 0.3) is 5.91 Å². The molecule has 1 atom stereocenters. The first-order valence-electron chi connectivity index (χ1n) is 6.54. The summed E-state index contributed by atoms with van der Waals surface area (Å²) in [6.07, 6.45) is 1.74. The molecule has 0 aliphatic rings.